The van der Waals surface area contributed by atoms with Crippen molar-refractivity contribution >= 4 is 23.0 Å². The zero-order valence-corrected chi connectivity index (χ0v) is 16.9. The lowest BCUT2D eigenvalue weighted by Gasteiger charge is -2.32. The summed E-state index contributed by atoms with van der Waals surface area (Å²) in [4.78, 5) is 0. The second kappa shape index (κ2) is 7.82. The molecule has 5 nitrogen and oxygen atoms in total. The molecule has 0 saturated carbocycles. The molecule has 146 valence electrons. The van der Waals surface area contributed by atoms with Crippen LogP contribution in [0, 0.1) is 5.92 Å². The van der Waals surface area contributed by atoms with Crippen molar-refractivity contribution in [2.75, 3.05) is 5.75 Å². The molecule has 0 aromatic heterocycles. The van der Waals surface area contributed by atoms with E-state index in [0.29, 0.717) is 12.8 Å². The zero-order valence-electron chi connectivity index (χ0n) is 16.1. The summed E-state index contributed by atoms with van der Waals surface area (Å²) in [5.74, 6) is 0.441. The van der Waals surface area contributed by atoms with E-state index in [-0.39, 0.29) is 29.8 Å². The zero-order chi connectivity index (χ0) is 19.8. The average Bonchev–Trinajstić information content (AvgIpc) is 2.86. The van der Waals surface area contributed by atoms with Gasteiger partial charge in [-0.1, -0.05) is 43.7 Å². The minimum atomic E-state index is -3.26. The summed E-state index contributed by atoms with van der Waals surface area (Å²) in [5.41, 5.74) is 3.62. The summed E-state index contributed by atoms with van der Waals surface area (Å²) in [7, 11) is -4.31. The average molecular weight is 390 g/mol. The largest absolute Gasteiger partial charge is 0.507 e. The van der Waals surface area contributed by atoms with Gasteiger partial charge in [0.1, 0.15) is 5.75 Å². The van der Waals surface area contributed by atoms with Crippen LogP contribution in [0.5, 0.6) is 5.75 Å². The summed E-state index contributed by atoms with van der Waals surface area (Å²) in [6.45, 7) is 5.99. The third-order valence-electron chi connectivity index (χ3n) is 5.43. The highest BCUT2D eigenvalue weighted by Crippen LogP contribution is 2.41. The fourth-order valence-corrected chi connectivity index (χ4v) is 6.30. The molecule has 2 aliphatic rings. The van der Waals surface area contributed by atoms with Crippen molar-refractivity contribution in [2.45, 2.75) is 51.3 Å². The van der Waals surface area contributed by atoms with Crippen LogP contribution in [0.3, 0.4) is 0 Å². The van der Waals surface area contributed by atoms with Crippen molar-refractivity contribution in [1.29, 1.82) is 0 Å². The van der Waals surface area contributed by atoms with Gasteiger partial charge in [0.15, 0.2) is 9.84 Å². The summed E-state index contributed by atoms with van der Waals surface area (Å²) in [5, 5.41) is 19.4. The maximum Gasteiger partial charge on any atom is 0.456 e. The third kappa shape index (κ3) is 4.31. The number of aromatic hydroxyl groups is 1. The highest BCUT2D eigenvalue weighted by Gasteiger charge is 2.48. The maximum absolute atomic E-state index is 12.6. The lowest BCUT2D eigenvalue weighted by Crippen LogP contribution is -2.42. The third-order valence-corrected chi connectivity index (χ3v) is 7.45. The van der Waals surface area contributed by atoms with E-state index >= 15 is 0 Å². The first-order valence-corrected chi connectivity index (χ1v) is 11.1. The van der Waals surface area contributed by atoms with E-state index in [1.54, 1.807) is 12.1 Å². The molecule has 7 heteroatoms. The molecule has 2 heterocycles. The first kappa shape index (κ1) is 20.2. The molecular formula is C20H27BO5S. The number of hydrogen-bond donors (Lipinski definition) is 2. The molecule has 0 bridgehead atoms. The van der Waals surface area contributed by atoms with Gasteiger partial charge >= 0.3 is 7.12 Å². The van der Waals surface area contributed by atoms with Crippen LogP contribution >= 0.6 is 0 Å². The first-order chi connectivity index (χ1) is 12.7. The van der Waals surface area contributed by atoms with Crippen LogP contribution in [0.1, 0.15) is 39.2 Å². The molecule has 27 heavy (non-hydrogen) atoms. The SMILES string of the molecule is C/C(=C\c1ccccc1O)CC[C@H]1OB(O)C[C@H]2C1=C(C(C)C)CS2(=O)=O. The lowest BCUT2D eigenvalue weighted by atomic mass is 9.74. The second-order valence-corrected chi connectivity index (χ2v) is 10.0. The summed E-state index contributed by atoms with van der Waals surface area (Å²) in [6.07, 6.45) is 2.95. The van der Waals surface area contributed by atoms with Gasteiger partial charge in [-0.05, 0) is 42.9 Å². The molecule has 2 atom stereocenters. The number of phenolic OH excluding ortho intramolecular Hbond substituents is 1. The predicted octanol–water partition coefficient (Wildman–Crippen LogP) is 3.20. The summed E-state index contributed by atoms with van der Waals surface area (Å²) in [6, 6.07) is 7.14. The molecule has 1 aromatic carbocycles. The fourth-order valence-electron chi connectivity index (χ4n) is 4.02. The second-order valence-electron chi connectivity index (χ2n) is 7.83. The van der Waals surface area contributed by atoms with Crippen LogP contribution in [0.25, 0.3) is 6.08 Å². The van der Waals surface area contributed by atoms with Gasteiger partial charge in [0.25, 0.3) is 0 Å². The number of fused-ring (bicyclic) bond motifs is 1. The Morgan fingerprint density at radius 3 is 2.74 bits per heavy atom. The molecule has 1 saturated heterocycles. The number of para-hydroxylation sites is 1. The van der Waals surface area contributed by atoms with Gasteiger partial charge in [-0.3, -0.25) is 0 Å². The quantitative estimate of drug-likeness (QED) is 0.596. The standard InChI is InChI=1S/C20H27BO5S/c1-13(2)16-12-27(24,25)19-11-21(23)26-18(20(16)19)9-8-14(3)10-15-6-4-5-7-17(15)22/h4-7,10,13,18-19,22-23H,8-9,11-12H2,1-3H3/b14-10+/t18-,19+/m1/s1. The predicted molar refractivity (Wildman–Crippen MR) is 108 cm³/mol. The minimum Gasteiger partial charge on any atom is -0.507 e. The number of rotatable bonds is 5. The Labute approximate surface area is 161 Å². The Kier molecular flexibility index (Phi) is 5.84. The van der Waals surface area contributed by atoms with Gasteiger partial charge in [0.2, 0.25) is 0 Å². The van der Waals surface area contributed by atoms with Crippen molar-refractivity contribution in [3.63, 3.8) is 0 Å². The van der Waals surface area contributed by atoms with E-state index < -0.39 is 22.2 Å². The molecule has 1 fully saturated rings. The smallest absolute Gasteiger partial charge is 0.456 e. The Bertz CT molecular complexity index is 872. The Hall–Kier alpha value is -1.57. The highest BCUT2D eigenvalue weighted by atomic mass is 32.2. The van der Waals surface area contributed by atoms with Gasteiger partial charge in [0, 0.05) is 11.9 Å². The molecule has 1 aromatic rings. The number of allylic oxidation sites excluding steroid dienone is 1. The topological polar surface area (TPSA) is 83.8 Å². The van der Waals surface area contributed by atoms with Crippen molar-refractivity contribution in [3.8, 4) is 5.75 Å². The molecule has 0 spiro atoms. The van der Waals surface area contributed by atoms with E-state index in [1.165, 1.54) is 0 Å². The van der Waals surface area contributed by atoms with E-state index in [1.807, 2.05) is 39.0 Å². The minimum absolute atomic E-state index is 0.0734. The highest BCUT2D eigenvalue weighted by molar-refractivity contribution is 7.92. The van der Waals surface area contributed by atoms with E-state index in [9.17, 15) is 18.5 Å². The van der Waals surface area contributed by atoms with Gasteiger partial charge in [-0.25, -0.2) is 8.42 Å². The molecule has 0 aliphatic carbocycles. The number of benzene rings is 1. The van der Waals surface area contributed by atoms with Crippen LogP contribution in [0.4, 0.5) is 0 Å². The van der Waals surface area contributed by atoms with Crippen LogP contribution in [0.2, 0.25) is 6.32 Å². The Balaban J connectivity index is 1.81. The Morgan fingerprint density at radius 2 is 2.07 bits per heavy atom. The lowest BCUT2D eigenvalue weighted by molar-refractivity contribution is 0.169. The van der Waals surface area contributed by atoms with Gasteiger partial charge < -0.3 is 14.8 Å². The monoisotopic (exact) mass is 390 g/mol. The van der Waals surface area contributed by atoms with Crippen molar-refractivity contribution in [1.82, 2.24) is 0 Å². The van der Waals surface area contributed by atoms with Gasteiger partial charge in [-0.2, -0.15) is 0 Å². The molecule has 3 rings (SSSR count). The Morgan fingerprint density at radius 1 is 1.37 bits per heavy atom. The first-order valence-electron chi connectivity index (χ1n) is 9.42. The van der Waals surface area contributed by atoms with Gasteiger partial charge in [0.05, 0.1) is 17.1 Å². The molecule has 0 amide bonds. The molecular weight excluding hydrogens is 363 g/mol. The van der Waals surface area contributed by atoms with E-state index in [0.717, 1.165) is 22.3 Å². The number of hydrogen-bond acceptors (Lipinski definition) is 5. The van der Waals surface area contributed by atoms with Crippen molar-refractivity contribution < 1.29 is 23.2 Å². The van der Waals surface area contributed by atoms with Gasteiger partial charge in [-0.15, -0.1) is 0 Å². The van der Waals surface area contributed by atoms with E-state index in [2.05, 4.69) is 0 Å². The van der Waals surface area contributed by atoms with Crippen molar-refractivity contribution in [3.05, 3.63) is 46.5 Å². The summed E-state index contributed by atoms with van der Waals surface area (Å²) < 4.78 is 30.9. The number of sulfone groups is 1. The molecule has 0 unspecified atom stereocenters. The van der Waals surface area contributed by atoms with Crippen LogP contribution in [-0.4, -0.2) is 42.8 Å². The molecule has 0 radical (unpaired) electrons. The molecule has 2 aliphatic heterocycles. The van der Waals surface area contributed by atoms with Crippen LogP contribution < -0.4 is 0 Å². The van der Waals surface area contributed by atoms with E-state index in [4.69, 9.17) is 4.65 Å². The maximum atomic E-state index is 12.6. The summed E-state index contributed by atoms with van der Waals surface area (Å²) >= 11 is 0. The normalized spacial score (nSPS) is 25.2. The van der Waals surface area contributed by atoms with Crippen LogP contribution in [-0.2, 0) is 14.5 Å². The number of phenols is 1. The van der Waals surface area contributed by atoms with Crippen molar-refractivity contribution in [2.24, 2.45) is 5.92 Å². The molecule has 2 N–H and O–H groups in total. The van der Waals surface area contributed by atoms with Crippen LogP contribution in [0.15, 0.2) is 41.0 Å². The fraction of sp³-hybridized carbons (Fsp3) is 0.500.